The molecule has 3 rings (SSSR count). The first-order valence-corrected chi connectivity index (χ1v) is 8.95. The molecule has 1 aromatic carbocycles. The number of carbonyl (C=O) groups excluding carboxylic acids is 1. The van der Waals surface area contributed by atoms with E-state index in [0.717, 1.165) is 25.0 Å². The molecule has 1 aliphatic rings. The molecule has 0 radical (unpaired) electrons. The second kappa shape index (κ2) is 8.82. The fraction of sp³-hybridized carbons (Fsp3) is 0.368. The van der Waals surface area contributed by atoms with E-state index in [2.05, 4.69) is 10.3 Å². The zero-order valence-electron chi connectivity index (χ0n) is 14.6. The molecule has 2 aromatic rings. The predicted octanol–water partition coefficient (Wildman–Crippen LogP) is 3.24. The van der Waals surface area contributed by atoms with Crippen LogP contribution in [0.25, 0.3) is 0 Å². The lowest BCUT2D eigenvalue weighted by atomic mass is 10.2. The summed E-state index contributed by atoms with van der Waals surface area (Å²) in [6.45, 7) is 1.68. The zero-order chi connectivity index (χ0) is 18.4. The number of rotatable bonds is 7. The van der Waals surface area contributed by atoms with E-state index in [0.29, 0.717) is 34.9 Å². The first-order valence-electron chi connectivity index (χ1n) is 8.54. The Labute approximate surface area is 157 Å². The van der Waals surface area contributed by atoms with Crippen molar-refractivity contribution >= 4 is 18.1 Å². The van der Waals surface area contributed by atoms with Crippen LogP contribution in [-0.4, -0.2) is 37.3 Å². The van der Waals surface area contributed by atoms with E-state index in [1.165, 1.54) is 0 Å². The van der Waals surface area contributed by atoms with Gasteiger partial charge in [0, 0.05) is 19.3 Å². The van der Waals surface area contributed by atoms with Gasteiger partial charge in [-0.25, -0.2) is 0 Å². The molecule has 1 amide bonds. The van der Waals surface area contributed by atoms with Gasteiger partial charge in [-0.1, -0.05) is 18.3 Å². The Morgan fingerprint density at radius 2 is 2.27 bits per heavy atom. The van der Waals surface area contributed by atoms with Gasteiger partial charge < -0.3 is 24.5 Å². The number of nitrogens with one attached hydrogen (secondary N) is 2. The van der Waals surface area contributed by atoms with Crippen molar-refractivity contribution in [3.8, 4) is 11.5 Å². The molecule has 0 aliphatic carbocycles. The van der Waals surface area contributed by atoms with E-state index in [1.54, 1.807) is 25.4 Å². The van der Waals surface area contributed by atoms with Gasteiger partial charge in [0.15, 0.2) is 11.5 Å². The number of aromatic amines is 1. The third-order valence-electron chi connectivity index (χ3n) is 4.19. The minimum atomic E-state index is -0.218. The maximum Gasteiger partial charge on any atom is 0.254 e. The van der Waals surface area contributed by atoms with Crippen LogP contribution in [0.4, 0.5) is 0 Å². The molecule has 1 aliphatic heterocycles. The summed E-state index contributed by atoms with van der Waals surface area (Å²) in [5.74, 6) is 1.08. The predicted molar refractivity (Wildman–Crippen MR) is 100 cm³/mol. The number of aromatic nitrogens is 1. The molecule has 138 valence electrons. The Morgan fingerprint density at radius 1 is 1.38 bits per heavy atom. The lowest BCUT2D eigenvalue weighted by Crippen LogP contribution is -2.23. The van der Waals surface area contributed by atoms with Crippen LogP contribution < -0.4 is 14.8 Å². The highest BCUT2D eigenvalue weighted by Crippen LogP contribution is 2.29. The Morgan fingerprint density at radius 3 is 3.00 bits per heavy atom. The van der Waals surface area contributed by atoms with Crippen LogP contribution in [0.2, 0.25) is 0 Å². The molecule has 1 aromatic heterocycles. The molecular formula is C19H22N2O4S. The molecule has 0 spiro atoms. The Hall–Kier alpha value is -2.38. The number of H-pyrrole nitrogens is 1. The third-order valence-corrected chi connectivity index (χ3v) is 4.53. The topological polar surface area (TPSA) is 72.6 Å². The zero-order valence-corrected chi connectivity index (χ0v) is 15.4. The SMILES string of the molecule is COc1cc(CNC(=O)c2ccc[nH]c2=S)ccc1OCC1CCCO1. The highest BCUT2D eigenvalue weighted by atomic mass is 32.1. The Kier molecular flexibility index (Phi) is 6.25. The van der Waals surface area contributed by atoms with Crippen LogP contribution >= 0.6 is 12.2 Å². The maximum absolute atomic E-state index is 12.2. The number of hydrogen-bond acceptors (Lipinski definition) is 5. The fourth-order valence-electron chi connectivity index (χ4n) is 2.78. The summed E-state index contributed by atoms with van der Waals surface area (Å²) >= 11 is 5.13. The molecule has 1 atom stereocenters. The van der Waals surface area contributed by atoms with Gasteiger partial charge in [-0.15, -0.1) is 0 Å². The van der Waals surface area contributed by atoms with Gasteiger partial charge in [0.2, 0.25) is 0 Å². The number of amides is 1. The molecule has 26 heavy (non-hydrogen) atoms. The largest absolute Gasteiger partial charge is 0.493 e. The van der Waals surface area contributed by atoms with E-state index in [1.807, 2.05) is 18.2 Å². The van der Waals surface area contributed by atoms with Crippen LogP contribution in [-0.2, 0) is 11.3 Å². The van der Waals surface area contributed by atoms with Gasteiger partial charge in [0.1, 0.15) is 11.2 Å². The summed E-state index contributed by atoms with van der Waals surface area (Å²) in [6, 6.07) is 9.05. The standard InChI is InChI=1S/C19H22N2O4S/c1-23-17-10-13(6-7-16(17)25-12-14-4-3-9-24-14)11-21-18(22)15-5-2-8-20-19(15)26/h2,5-8,10,14H,3-4,9,11-12H2,1H3,(H,20,26)(H,21,22). The maximum atomic E-state index is 12.2. The summed E-state index contributed by atoms with van der Waals surface area (Å²) in [6.07, 6.45) is 3.94. The number of ether oxygens (including phenoxy) is 3. The van der Waals surface area contributed by atoms with Crippen molar-refractivity contribution in [2.45, 2.75) is 25.5 Å². The van der Waals surface area contributed by atoms with Crippen molar-refractivity contribution in [2.24, 2.45) is 0 Å². The van der Waals surface area contributed by atoms with Gasteiger partial charge in [-0.3, -0.25) is 4.79 Å². The highest BCUT2D eigenvalue weighted by molar-refractivity contribution is 7.71. The molecule has 2 N–H and O–H groups in total. The number of pyridine rings is 1. The summed E-state index contributed by atoms with van der Waals surface area (Å²) < 4.78 is 17.2. The van der Waals surface area contributed by atoms with Crippen LogP contribution in [0.1, 0.15) is 28.8 Å². The van der Waals surface area contributed by atoms with Crippen molar-refractivity contribution in [1.82, 2.24) is 10.3 Å². The van der Waals surface area contributed by atoms with Crippen molar-refractivity contribution in [3.05, 3.63) is 52.3 Å². The van der Waals surface area contributed by atoms with Gasteiger partial charge in [0.25, 0.3) is 5.91 Å². The third kappa shape index (κ3) is 4.62. The van der Waals surface area contributed by atoms with E-state index in [-0.39, 0.29) is 12.0 Å². The van der Waals surface area contributed by atoms with Crippen molar-refractivity contribution in [1.29, 1.82) is 0 Å². The average Bonchev–Trinajstić information content (AvgIpc) is 3.18. The van der Waals surface area contributed by atoms with Gasteiger partial charge in [0.05, 0.1) is 18.8 Å². The van der Waals surface area contributed by atoms with E-state index in [4.69, 9.17) is 26.4 Å². The van der Waals surface area contributed by atoms with Crippen LogP contribution in [0.15, 0.2) is 36.5 Å². The van der Waals surface area contributed by atoms with Crippen molar-refractivity contribution in [3.63, 3.8) is 0 Å². The average molecular weight is 374 g/mol. The minimum Gasteiger partial charge on any atom is -0.493 e. The summed E-state index contributed by atoms with van der Waals surface area (Å²) in [7, 11) is 1.60. The smallest absolute Gasteiger partial charge is 0.254 e. The monoisotopic (exact) mass is 374 g/mol. The normalized spacial score (nSPS) is 16.3. The number of methoxy groups -OCH3 is 1. The molecule has 1 unspecified atom stereocenters. The second-order valence-corrected chi connectivity index (χ2v) is 6.44. The molecule has 1 fully saturated rings. The minimum absolute atomic E-state index is 0.147. The van der Waals surface area contributed by atoms with Gasteiger partial charge in [-0.2, -0.15) is 0 Å². The molecular weight excluding hydrogens is 352 g/mol. The molecule has 6 nitrogen and oxygen atoms in total. The Bertz CT molecular complexity index is 815. The first-order chi connectivity index (χ1) is 12.7. The molecule has 0 saturated carbocycles. The summed E-state index contributed by atoms with van der Waals surface area (Å²) in [4.78, 5) is 15.1. The Balaban J connectivity index is 1.60. The first kappa shape index (κ1) is 18.4. The van der Waals surface area contributed by atoms with E-state index < -0.39 is 0 Å². The van der Waals surface area contributed by atoms with Crippen LogP contribution in [0.3, 0.4) is 0 Å². The van der Waals surface area contributed by atoms with E-state index in [9.17, 15) is 4.79 Å². The lowest BCUT2D eigenvalue weighted by molar-refractivity contribution is 0.0669. The summed E-state index contributed by atoms with van der Waals surface area (Å²) in [5, 5.41) is 2.86. The molecule has 1 saturated heterocycles. The number of carbonyl (C=O) groups is 1. The van der Waals surface area contributed by atoms with Crippen LogP contribution in [0, 0.1) is 4.64 Å². The van der Waals surface area contributed by atoms with Gasteiger partial charge >= 0.3 is 0 Å². The fourth-order valence-corrected chi connectivity index (χ4v) is 3.01. The second-order valence-electron chi connectivity index (χ2n) is 6.03. The molecule has 7 heteroatoms. The van der Waals surface area contributed by atoms with Crippen LogP contribution in [0.5, 0.6) is 11.5 Å². The molecule has 2 heterocycles. The lowest BCUT2D eigenvalue weighted by Gasteiger charge is -2.15. The van der Waals surface area contributed by atoms with Crippen molar-refractivity contribution in [2.75, 3.05) is 20.3 Å². The van der Waals surface area contributed by atoms with Crippen molar-refractivity contribution < 1.29 is 19.0 Å². The van der Waals surface area contributed by atoms with E-state index >= 15 is 0 Å². The summed E-state index contributed by atoms with van der Waals surface area (Å²) in [5.41, 5.74) is 1.36. The van der Waals surface area contributed by atoms with Gasteiger partial charge in [-0.05, 0) is 42.7 Å². The quantitative estimate of drug-likeness (QED) is 0.728. The molecule has 0 bridgehead atoms. The highest BCUT2D eigenvalue weighted by Gasteiger charge is 2.17. The number of hydrogen-bond donors (Lipinski definition) is 2. The number of benzene rings is 1.